The molecule has 3 rings (SSSR count). The van der Waals surface area contributed by atoms with Crippen LogP contribution in [0, 0.1) is 17.8 Å². The van der Waals surface area contributed by atoms with Crippen molar-refractivity contribution in [2.75, 3.05) is 23.7 Å². The molecule has 1 saturated heterocycles. The van der Waals surface area contributed by atoms with Crippen LogP contribution < -0.4 is 10.2 Å². The zero-order valence-corrected chi connectivity index (χ0v) is 19.8. The third-order valence-corrected chi connectivity index (χ3v) is 6.46. The zero-order valence-electron chi connectivity index (χ0n) is 19.0. The number of piperidine rings is 1. The van der Waals surface area contributed by atoms with E-state index in [2.05, 4.69) is 34.3 Å². The van der Waals surface area contributed by atoms with Crippen molar-refractivity contribution in [2.45, 2.75) is 58.8 Å². The first kappa shape index (κ1) is 23.4. The number of aromatic nitrogens is 3. The number of carbonyl (C=O) groups is 2. The van der Waals surface area contributed by atoms with Gasteiger partial charge in [-0.3, -0.25) is 14.2 Å². The highest BCUT2D eigenvalue weighted by atomic mass is 32.2. The van der Waals surface area contributed by atoms with Crippen molar-refractivity contribution in [1.82, 2.24) is 20.1 Å². The maximum Gasteiger partial charge on any atom is 0.231 e. The van der Waals surface area contributed by atoms with Crippen molar-refractivity contribution < 1.29 is 14.0 Å². The number of furan rings is 1. The van der Waals surface area contributed by atoms with Gasteiger partial charge in [-0.05, 0) is 43.2 Å². The second-order valence-electron chi connectivity index (χ2n) is 8.99. The van der Waals surface area contributed by atoms with Gasteiger partial charge < -0.3 is 14.6 Å². The standard InChI is InChI=1S/C22H33N5O3S/c1-14(2)20(17(5)28)23-19(29)13-31-22-25-24-21(26-10-15(3)9-16(4)11-26)27(22)12-18-7-6-8-30-18/h6-8,14-16,20H,9-13H2,1-5H3,(H,23,29). The van der Waals surface area contributed by atoms with E-state index in [1.165, 1.54) is 25.1 Å². The quantitative estimate of drug-likeness (QED) is 0.590. The molecule has 0 saturated carbocycles. The summed E-state index contributed by atoms with van der Waals surface area (Å²) in [6.07, 6.45) is 2.86. The molecule has 1 fully saturated rings. The van der Waals surface area contributed by atoms with Gasteiger partial charge in [-0.25, -0.2) is 0 Å². The maximum atomic E-state index is 12.5. The van der Waals surface area contributed by atoms with E-state index in [-0.39, 0.29) is 23.4 Å². The lowest BCUT2D eigenvalue weighted by Gasteiger charge is -2.35. The van der Waals surface area contributed by atoms with Crippen LogP contribution in [0.25, 0.3) is 0 Å². The number of Topliss-reactive ketones (excluding diaryl/α,β-unsaturated/α-hetero) is 1. The molecule has 8 nitrogen and oxygen atoms in total. The van der Waals surface area contributed by atoms with Crippen LogP contribution in [-0.4, -0.2) is 51.3 Å². The van der Waals surface area contributed by atoms with E-state index in [0.29, 0.717) is 23.5 Å². The van der Waals surface area contributed by atoms with Crippen molar-refractivity contribution >= 4 is 29.4 Å². The van der Waals surface area contributed by atoms with Crippen molar-refractivity contribution in [3.05, 3.63) is 24.2 Å². The maximum absolute atomic E-state index is 12.5. The SMILES string of the molecule is CC(=O)C(NC(=O)CSc1nnc(N2CC(C)CC(C)C2)n1Cc1ccco1)C(C)C. The third-order valence-electron chi connectivity index (χ3n) is 5.50. The highest BCUT2D eigenvalue weighted by molar-refractivity contribution is 7.99. The van der Waals surface area contributed by atoms with Gasteiger partial charge in [0.05, 0.1) is 24.6 Å². The zero-order chi connectivity index (χ0) is 22.5. The number of rotatable bonds is 9. The van der Waals surface area contributed by atoms with Crippen LogP contribution in [0.15, 0.2) is 28.0 Å². The molecule has 31 heavy (non-hydrogen) atoms. The van der Waals surface area contributed by atoms with E-state index in [1.54, 1.807) is 6.26 Å². The van der Waals surface area contributed by atoms with Crippen LogP contribution >= 0.6 is 11.8 Å². The van der Waals surface area contributed by atoms with Crippen LogP contribution in [0.1, 0.15) is 46.8 Å². The summed E-state index contributed by atoms with van der Waals surface area (Å²) in [4.78, 5) is 26.6. The van der Waals surface area contributed by atoms with Crippen molar-refractivity contribution in [3.8, 4) is 0 Å². The number of thioether (sulfide) groups is 1. The Labute approximate surface area is 188 Å². The molecule has 3 unspecified atom stereocenters. The average Bonchev–Trinajstić information content (AvgIpc) is 3.33. The lowest BCUT2D eigenvalue weighted by atomic mass is 9.92. The molecule has 1 amide bonds. The van der Waals surface area contributed by atoms with Crippen molar-refractivity contribution in [2.24, 2.45) is 17.8 Å². The molecule has 9 heteroatoms. The number of carbonyl (C=O) groups excluding carboxylic acids is 2. The van der Waals surface area contributed by atoms with Gasteiger partial charge in [0.1, 0.15) is 5.76 Å². The lowest BCUT2D eigenvalue weighted by molar-refractivity contribution is -0.126. The summed E-state index contributed by atoms with van der Waals surface area (Å²) in [6, 6.07) is 3.31. The Morgan fingerprint density at radius 1 is 1.26 bits per heavy atom. The number of hydrogen-bond acceptors (Lipinski definition) is 7. The Morgan fingerprint density at radius 2 is 1.97 bits per heavy atom. The molecule has 1 N–H and O–H groups in total. The molecule has 170 valence electrons. The summed E-state index contributed by atoms with van der Waals surface area (Å²) in [5, 5.41) is 12.4. The van der Waals surface area contributed by atoms with Crippen LogP contribution in [-0.2, 0) is 16.1 Å². The van der Waals surface area contributed by atoms with Gasteiger partial charge in [-0.2, -0.15) is 0 Å². The third kappa shape index (κ3) is 6.12. The second kappa shape index (κ2) is 10.3. The van der Waals surface area contributed by atoms with Crippen LogP contribution in [0.2, 0.25) is 0 Å². The molecule has 0 spiro atoms. The van der Waals surface area contributed by atoms with Gasteiger partial charge in [0.2, 0.25) is 11.9 Å². The Balaban J connectivity index is 1.76. The van der Waals surface area contributed by atoms with Gasteiger partial charge in [0.15, 0.2) is 10.9 Å². The molecule has 3 heterocycles. The number of nitrogens with zero attached hydrogens (tertiary/aromatic N) is 4. The van der Waals surface area contributed by atoms with Crippen molar-refractivity contribution in [3.63, 3.8) is 0 Å². The van der Waals surface area contributed by atoms with Gasteiger partial charge >= 0.3 is 0 Å². The van der Waals surface area contributed by atoms with Gasteiger partial charge in [0.25, 0.3) is 0 Å². The van der Waals surface area contributed by atoms with E-state index in [1.807, 2.05) is 30.5 Å². The minimum atomic E-state index is -0.471. The van der Waals surface area contributed by atoms with E-state index in [4.69, 9.17) is 4.42 Å². The summed E-state index contributed by atoms with van der Waals surface area (Å²) in [5.41, 5.74) is 0. The predicted octanol–water partition coefficient (Wildman–Crippen LogP) is 3.22. The monoisotopic (exact) mass is 447 g/mol. The number of amides is 1. The summed E-state index contributed by atoms with van der Waals surface area (Å²) in [7, 11) is 0. The second-order valence-corrected chi connectivity index (χ2v) is 9.93. The summed E-state index contributed by atoms with van der Waals surface area (Å²) in [5.74, 6) is 2.77. The number of anilines is 1. The molecule has 3 atom stereocenters. The molecular formula is C22H33N5O3S. The first-order chi connectivity index (χ1) is 14.7. The first-order valence-corrected chi connectivity index (χ1v) is 11.9. The fourth-order valence-electron chi connectivity index (χ4n) is 4.23. The molecule has 0 bridgehead atoms. The molecule has 0 aromatic carbocycles. The molecule has 2 aromatic rings. The van der Waals surface area contributed by atoms with Gasteiger partial charge in [-0.15, -0.1) is 10.2 Å². The van der Waals surface area contributed by atoms with Crippen molar-refractivity contribution in [1.29, 1.82) is 0 Å². The van der Waals surface area contributed by atoms with E-state index in [9.17, 15) is 9.59 Å². The summed E-state index contributed by atoms with van der Waals surface area (Å²) >= 11 is 1.33. The Hall–Kier alpha value is -2.29. The van der Waals surface area contributed by atoms with Gasteiger partial charge in [-0.1, -0.05) is 39.5 Å². The van der Waals surface area contributed by atoms with E-state index in [0.717, 1.165) is 24.8 Å². The predicted molar refractivity (Wildman–Crippen MR) is 121 cm³/mol. The molecule has 1 aliphatic rings. The number of ketones is 1. The van der Waals surface area contributed by atoms with E-state index >= 15 is 0 Å². The average molecular weight is 448 g/mol. The normalized spacial score (nSPS) is 20.1. The molecule has 0 radical (unpaired) electrons. The van der Waals surface area contributed by atoms with Crippen LogP contribution in [0.5, 0.6) is 0 Å². The fraction of sp³-hybridized carbons (Fsp3) is 0.636. The highest BCUT2D eigenvalue weighted by Crippen LogP contribution is 2.29. The van der Waals surface area contributed by atoms with Crippen LogP contribution in [0.4, 0.5) is 5.95 Å². The Bertz CT molecular complexity index is 870. The Morgan fingerprint density at radius 3 is 2.55 bits per heavy atom. The van der Waals surface area contributed by atoms with Gasteiger partial charge in [0, 0.05) is 13.1 Å². The minimum absolute atomic E-state index is 0.0371. The summed E-state index contributed by atoms with van der Waals surface area (Å²) < 4.78 is 7.58. The highest BCUT2D eigenvalue weighted by Gasteiger charge is 2.27. The first-order valence-electron chi connectivity index (χ1n) is 10.9. The fourth-order valence-corrected chi connectivity index (χ4v) is 4.97. The smallest absolute Gasteiger partial charge is 0.231 e. The minimum Gasteiger partial charge on any atom is -0.467 e. The molecule has 2 aromatic heterocycles. The Kier molecular flexibility index (Phi) is 7.80. The lowest BCUT2D eigenvalue weighted by Crippen LogP contribution is -2.44. The van der Waals surface area contributed by atoms with E-state index < -0.39 is 6.04 Å². The molecular weight excluding hydrogens is 414 g/mol. The molecule has 1 aliphatic heterocycles. The summed E-state index contributed by atoms with van der Waals surface area (Å²) in [6.45, 7) is 12.2. The molecule has 0 aliphatic carbocycles. The van der Waals surface area contributed by atoms with Crippen LogP contribution in [0.3, 0.4) is 0 Å². The number of nitrogens with one attached hydrogen (secondary N) is 1. The topological polar surface area (TPSA) is 93.3 Å². The number of hydrogen-bond donors (Lipinski definition) is 1. The largest absolute Gasteiger partial charge is 0.467 e.